The summed E-state index contributed by atoms with van der Waals surface area (Å²) in [5.74, 6) is 0. The maximum atomic E-state index is 5.67. The Kier molecular flexibility index (Phi) is 5.58. The van der Waals surface area contributed by atoms with Crippen LogP contribution in [0.3, 0.4) is 0 Å². The van der Waals surface area contributed by atoms with Crippen LogP contribution in [0.2, 0.25) is 0 Å². The van der Waals surface area contributed by atoms with Crippen molar-refractivity contribution in [3.8, 4) is 0 Å². The second kappa shape index (κ2) is 8.44. The highest BCUT2D eigenvalue weighted by atomic mass is 32.1. The minimum absolute atomic E-state index is 0.824. The number of rotatable bonds is 2. The van der Waals surface area contributed by atoms with Gasteiger partial charge in [0.25, 0.3) is 0 Å². The van der Waals surface area contributed by atoms with Gasteiger partial charge in [-0.25, -0.2) is 0 Å². The van der Waals surface area contributed by atoms with Gasteiger partial charge in [0.1, 0.15) is 0 Å². The molecule has 2 aliphatic heterocycles. The Hall–Kier alpha value is -2.53. The van der Waals surface area contributed by atoms with Crippen LogP contribution in [-0.2, 0) is 0 Å². The first-order valence-electron chi connectivity index (χ1n) is 9.69. The zero-order valence-corrected chi connectivity index (χ0v) is 16.3. The van der Waals surface area contributed by atoms with E-state index in [0.29, 0.717) is 0 Å². The smallest absolute Gasteiger partial charge is 0.173 e. The molecule has 0 amide bonds. The predicted octanol–water partition coefficient (Wildman–Crippen LogP) is 3.93. The monoisotopic (exact) mass is 378 g/mol. The lowest BCUT2D eigenvalue weighted by Gasteiger charge is -2.37. The molecular formula is C22H26N4S. The standard InChI is InChI=1S/C22H26N4S/c27-22(26-15-13-25(14-16-26)19-8-2-1-3-9-19)24-17-18-7-6-12-23-21-11-5-4-10-20(18)21/h1-5,8-11,17,23H,6-7,12-16H2,(H,24,27)/b18-17-. The number of fused-ring (bicyclic) bond motifs is 1. The summed E-state index contributed by atoms with van der Waals surface area (Å²) in [6.07, 6.45) is 4.30. The highest BCUT2D eigenvalue weighted by Crippen LogP contribution is 2.29. The average Bonchev–Trinajstić information content (AvgIpc) is 2.95. The lowest BCUT2D eigenvalue weighted by molar-refractivity contribution is 0.384. The van der Waals surface area contributed by atoms with Gasteiger partial charge < -0.3 is 20.4 Å². The van der Waals surface area contributed by atoms with Crippen molar-refractivity contribution in [3.63, 3.8) is 0 Å². The molecule has 0 bridgehead atoms. The molecule has 0 aromatic heterocycles. The Morgan fingerprint density at radius 2 is 1.70 bits per heavy atom. The van der Waals surface area contributed by atoms with Crippen molar-refractivity contribution in [1.82, 2.24) is 10.2 Å². The summed E-state index contributed by atoms with van der Waals surface area (Å²) in [5, 5.41) is 7.73. The molecule has 0 unspecified atom stereocenters. The molecule has 5 heteroatoms. The van der Waals surface area contributed by atoms with E-state index in [4.69, 9.17) is 12.2 Å². The molecule has 0 radical (unpaired) electrons. The summed E-state index contributed by atoms with van der Waals surface area (Å²) in [5.41, 5.74) is 5.10. The number of anilines is 2. The van der Waals surface area contributed by atoms with Gasteiger partial charge in [0, 0.05) is 55.9 Å². The van der Waals surface area contributed by atoms with Gasteiger partial charge in [-0.05, 0) is 48.8 Å². The fourth-order valence-electron chi connectivity index (χ4n) is 3.75. The lowest BCUT2D eigenvalue weighted by Crippen LogP contribution is -2.51. The minimum Gasteiger partial charge on any atom is -0.385 e. The second-order valence-corrected chi connectivity index (χ2v) is 7.39. The molecule has 0 atom stereocenters. The van der Waals surface area contributed by atoms with E-state index in [-0.39, 0.29) is 0 Å². The molecule has 2 aromatic carbocycles. The highest BCUT2D eigenvalue weighted by molar-refractivity contribution is 7.80. The summed E-state index contributed by atoms with van der Waals surface area (Å²) in [6, 6.07) is 19.1. The minimum atomic E-state index is 0.824. The Bertz CT molecular complexity index is 810. The Labute approximate surface area is 166 Å². The molecular weight excluding hydrogens is 352 g/mol. The number of thiocarbonyl (C=S) groups is 1. The fraction of sp³-hybridized carbons (Fsp3) is 0.318. The number of allylic oxidation sites excluding steroid dienone is 1. The Morgan fingerprint density at radius 1 is 0.963 bits per heavy atom. The summed E-state index contributed by atoms with van der Waals surface area (Å²) < 4.78 is 0. The fourth-order valence-corrected chi connectivity index (χ4v) is 3.99. The van der Waals surface area contributed by atoms with Crippen LogP contribution >= 0.6 is 12.2 Å². The van der Waals surface area contributed by atoms with Gasteiger partial charge in [-0.15, -0.1) is 0 Å². The molecule has 2 aromatic rings. The van der Waals surface area contributed by atoms with Crippen LogP contribution in [0.5, 0.6) is 0 Å². The molecule has 2 aliphatic rings. The summed E-state index contributed by atoms with van der Waals surface area (Å²) in [6.45, 7) is 4.90. The van der Waals surface area contributed by atoms with Crippen LogP contribution in [0.1, 0.15) is 18.4 Å². The molecule has 1 fully saturated rings. The molecule has 27 heavy (non-hydrogen) atoms. The van der Waals surface area contributed by atoms with Gasteiger partial charge in [0.15, 0.2) is 5.11 Å². The number of para-hydroxylation sites is 2. The van der Waals surface area contributed by atoms with E-state index in [1.165, 1.54) is 22.5 Å². The van der Waals surface area contributed by atoms with E-state index in [1.807, 2.05) is 0 Å². The van der Waals surface area contributed by atoms with Crippen LogP contribution in [0, 0.1) is 0 Å². The molecule has 0 spiro atoms. The summed E-state index contributed by atoms with van der Waals surface area (Å²) >= 11 is 5.67. The molecule has 2 heterocycles. The quantitative estimate of drug-likeness (QED) is 0.773. The zero-order chi connectivity index (χ0) is 18.5. The first-order valence-corrected chi connectivity index (χ1v) is 10.1. The van der Waals surface area contributed by atoms with Crippen molar-refractivity contribution < 1.29 is 0 Å². The molecule has 4 rings (SSSR count). The molecule has 2 N–H and O–H groups in total. The van der Waals surface area contributed by atoms with E-state index in [2.05, 4.69) is 81.2 Å². The van der Waals surface area contributed by atoms with Gasteiger partial charge >= 0.3 is 0 Å². The number of benzene rings is 2. The molecule has 1 saturated heterocycles. The first-order chi connectivity index (χ1) is 13.3. The van der Waals surface area contributed by atoms with Gasteiger partial charge in [-0.2, -0.15) is 0 Å². The van der Waals surface area contributed by atoms with Crippen molar-refractivity contribution in [3.05, 3.63) is 66.4 Å². The maximum Gasteiger partial charge on any atom is 0.173 e. The van der Waals surface area contributed by atoms with E-state index >= 15 is 0 Å². The number of piperazine rings is 1. The van der Waals surface area contributed by atoms with Crippen LogP contribution in [0.25, 0.3) is 5.57 Å². The van der Waals surface area contributed by atoms with Crippen molar-refractivity contribution in [1.29, 1.82) is 0 Å². The van der Waals surface area contributed by atoms with Crippen molar-refractivity contribution in [2.24, 2.45) is 0 Å². The Balaban J connectivity index is 1.37. The lowest BCUT2D eigenvalue weighted by atomic mass is 10.0. The third-order valence-electron chi connectivity index (χ3n) is 5.27. The largest absolute Gasteiger partial charge is 0.385 e. The third kappa shape index (κ3) is 4.25. The number of nitrogens with zero attached hydrogens (tertiary/aromatic N) is 2. The zero-order valence-electron chi connectivity index (χ0n) is 15.5. The Morgan fingerprint density at radius 3 is 2.52 bits per heavy atom. The van der Waals surface area contributed by atoms with E-state index < -0.39 is 0 Å². The normalized spacial score (nSPS) is 18.4. The van der Waals surface area contributed by atoms with E-state index in [0.717, 1.165) is 50.7 Å². The van der Waals surface area contributed by atoms with Gasteiger partial charge in [-0.1, -0.05) is 36.4 Å². The van der Waals surface area contributed by atoms with Crippen molar-refractivity contribution in [2.75, 3.05) is 42.9 Å². The van der Waals surface area contributed by atoms with Gasteiger partial charge in [0.2, 0.25) is 0 Å². The van der Waals surface area contributed by atoms with Crippen LogP contribution in [0.15, 0.2) is 60.8 Å². The van der Waals surface area contributed by atoms with Crippen molar-refractivity contribution >= 4 is 34.3 Å². The van der Waals surface area contributed by atoms with Crippen LogP contribution < -0.4 is 15.5 Å². The molecule has 0 saturated carbocycles. The second-order valence-electron chi connectivity index (χ2n) is 7.00. The van der Waals surface area contributed by atoms with Crippen LogP contribution in [0.4, 0.5) is 11.4 Å². The van der Waals surface area contributed by atoms with E-state index in [1.54, 1.807) is 0 Å². The van der Waals surface area contributed by atoms with Gasteiger partial charge in [-0.3, -0.25) is 0 Å². The summed E-state index contributed by atoms with van der Waals surface area (Å²) in [4.78, 5) is 4.69. The maximum absolute atomic E-state index is 5.67. The number of hydrogen-bond donors (Lipinski definition) is 2. The first kappa shape index (κ1) is 17.9. The molecule has 4 nitrogen and oxygen atoms in total. The highest BCUT2D eigenvalue weighted by Gasteiger charge is 2.19. The topological polar surface area (TPSA) is 30.5 Å². The van der Waals surface area contributed by atoms with Gasteiger partial charge in [0.05, 0.1) is 0 Å². The SMILES string of the molecule is S=C(N/C=C1/CCCNc2ccccc21)N1CCN(c2ccccc2)CC1. The molecule has 140 valence electrons. The average molecular weight is 379 g/mol. The number of hydrogen-bond acceptors (Lipinski definition) is 3. The van der Waals surface area contributed by atoms with Crippen molar-refractivity contribution in [2.45, 2.75) is 12.8 Å². The van der Waals surface area contributed by atoms with E-state index in [9.17, 15) is 0 Å². The molecule has 0 aliphatic carbocycles. The third-order valence-corrected chi connectivity index (χ3v) is 5.65. The predicted molar refractivity (Wildman–Crippen MR) is 118 cm³/mol. The van der Waals surface area contributed by atoms with Crippen LogP contribution in [-0.4, -0.2) is 42.7 Å². The summed E-state index contributed by atoms with van der Waals surface area (Å²) in [7, 11) is 0. The number of nitrogens with one attached hydrogen (secondary N) is 2.